The third-order valence-corrected chi connectivity index (χ3v) is 2.83. The highest BCUT2D eigenvalue weighted by Crippen LogP contribution is 2.44. The summed E-state index contributed by atoms with van der Waals surface area (Å²) in [5.74, 6) is -0.233. The molecule has 1 aliphatic rings. The normalized spacial score (nSPS) is 19.3. The Bertz CT molecular complexity index is 362. The number of methoxy groups -OCH3 is 1. The number of nitrogens with two attached hydrogens (primary N) is 1. The number of ether oxygens (including phenoxy) is 1. The summed E-state index contributed by atoms with van der Waals surface area (Å²) in [6, 6.07) is 5.40. The van der Waals surface area contributed by atoms with Gasteiger partial charge in [0.25, 0.3) is 0 Å². The van der Waals surface area contributed by atoms with Crippen LogP contribution in [0.1, 0.15) is 18.5 Å². The van der Waals surface area contributed by atoms with Gasteiger partial charge in [-0.05, 0) is 30.9 Å². The molecule has 1 heterocycles. The molecule has 1 aliphatic carbocycles. The van der Waals surface area contributed by atoms with Gasteiger partial charge in [-0.25, -0.2) is 4.79 Å². The number of hydrogen-bond donors (Lipinski definition) is 1. The Kier molecular flexibility index (Phi) is 2.44. The molecule has 0 spiro atoms. The van der Waals surface area contributed by atoms with E-state index in [1.54, 1.807) is 18.3 Å². The first-order chi connectivity index (χ1) is 7.19. The van der Waals surface area contributed by atoms with E-state index in [2.05, 4.69) is 4.98 Å². The number of aromatic nitrogens is 1. The fourth-order valence-corrected chi connectivity index (χ4v) is 1.80. The van der Waals surface area contributed by atoms with Gasteiger partial charge in [0.1, 0.15) is 0 Å². The lowest BCUT2D eigenvalue weighted by atomic mass is 9.90. The first kappa shape index (κ1) is 10.1. The Morgan fingerprint density at radius 2 is 2.33 bits per heavy atom. The molecule has 0 saturated heterocycles. The highest BCUT2D eigenvalue weighted by Gasteiger charge is 2.51. The molecule has 2 rings (SSSR count). The van der Waals surface area contributed by atoms with Crippen LogP contribution in [0.5, 0.6) is 0 Å². The summed E-state index contributed by atoms with van der Waals surface area (Å²) in [4.78, 5) is 15.9. The van der Waals surface area contributed by atoms with Gasteiger partial charge in [-0.2, -0.15) is 0 Å². The Labute approximate surface area is 88.4 Å². The molecule has 0 bridgehead atoms. The SMILES string of the molecule is COC(=O)C(N)(c1ccccn1)C1CC1. The predicted octanol–water partition coefficient (Wildman–Crippen LogP) is 0.819. The van der Waals surface area contributed by atoms with Crippen LogP contribution in [0, 0.1) is 5.92 Å². The molecule has 0 aliphatic heterocycles. The van der Waals surface area contributed by atoms with Crippen molar-refractivity contribution in [3.63, 3.8) is 0 Å². The summed E-state index contributed by atoms with van der Waals surface area (Å²) in [5.41, 5.74) is 5.68. The Balaban J connectivity index is 2.38. The van der Waals surface area contributed by atoms with Gasteiger partial charge >= 0.3 is 5.97 Å². The number of hydrogen-bond acceptors (Lipinski definition) is 4. The van der Waals surface area contributed by atoms with Crippen LogP contribution in [-0.4, -0.2) is 18.1 Å². The number of carbonyl (C=O) groups excluding carboxylic acids is 1. The number of pyridine rings is 1. The third kappa shape index (κ3) is 1.61. The van der Waals surface area contributed by atoms with E-state index in [4.69, 9.17) is 10.5 Å². The van der Waals surface area contributed by atoms with E-state index >= 15 is 0 Å². The zero-order valence-corrected chi connectivity index (χ0v) is 8.64. The van der Waals surface area contributed by atoms with Crippen LogP contribution >= 0.6 is 0 Å². The first-order valence-corrected chi connectivity index (χ1v) is 4.98. The maximum absolute atomic E-state index is 11.7. The highest BCUT2D eigenvalue weighted by atomic mass is 16.5. The lowest BCUT2D eigenvalue weighted by Crippen LogP contribution is -2.48. The molecule has 1 aromatic heterocycles. The lowest BCUT2D eigenvalue weighted by molar-refractivity contribution is -0.148. The van der Waals surface area contributed by atoms with Gasteiger partial charge in [0.05, 0.1) is 12.8 Å². The second-order valence-electron chi connectivity index (χ2n) is 3.85. The molecule has 0 radical (unpaired) electrons. The Hall–Kier alpha value is -1.42. The number of carbonyl (C=O) groups is 1. The van der Waals surface area contributed by atoms with Gasteiger partial charge in [-0.1, -0.05) is 6.07 Å². The fourth-order valence-electron chi connectivity index (χ4n) is 1.80. The smallest absolute Gasteiger partial charge is 0.332 e. The molecule has 4 nitrogen and oxygen atoms in total. The maximum atomic E-state index is 11.7. The van der Waals surface area contributed by atoms with E-state index in [1.165, 1.54) is 7.11 Å². The molecular formula is C11H14N2O2. The zero-order chi connectivity index (χ0) is 10.9. The number of nitrogens with zero attached hydrogens (tertiary/aromatic N) is 1. The lowest BCUT2D eigenvalue weighted by Gasteiger charge is -2.25. The largest absolute Gasteiger partial charge is 0.467 e. The fraction of sp³-hybridized carbons (Fsp3) is 0.455. The van der Waals surface area contributed by atoms with E-state index in [-0.39, 0.29) is 5.92 Å². The van der Waals surface area contributed by atoms with E-state index in [9.17, 15) is 4.79 Å². The molecule has 1 fully saturated rings. The van der Waals surface area contributed by atoms with Crippen LogP contribution < -0.4 is 5.73 Å². The van der Waals surface area contributed by atoms with Gasteiger partial charge in [0.15, 0.2) is 5.54 Å². The summed E-state index contributed by atoms with van der Waals surface area (Å²) in [5, 5.41) is 0. The molecule has 0 amide bonds. The summed E-state index contributed by atoms with van der Waals surface area (Å²) in [6.07, 6.45) is 3.56. The van der Waals surface area contributed by atoms with Crippen molar-refractivity contribution >= 4 is 5.97 Å². The van der Waals surface area contributed by atoms with E-state index in [0.717, 1.165) is 12.8 Å². The summed E-state index contributed by atoms with van der Waals surface area (Å²) in [6.45, 7) is 0. The molecular weight excluding hydrogens is 192 g/mol. The number of esters is 1. The molecule has 2 N–H and O–H groups in total. The van der Waals surface area contributed by atoms with Crippen LogP contribution in [0.25, 0.3) is 0 Å². The van der Waals surface area contributed by atoms with Crippen molar-refractivity contribution in [2.75, 3.05) is 7.11 Å². The second-order valence-corrected chi connectivity index (χ2v) is 3.85. The minimum Gasteiger partial charge on any atom is -0.467 e. The minimum absolute atomic E-state index is 0.167. The average Bonchev–Trinajstić information content (AvgIpc) is 3.12. The van der Waals surface area contributed by atoms with Crippen LogP contribution in [-0.2, 0) is 15.1 Å². The highest BCUT2D eigenvalue weighted by molar-refractivity contribution is 5.82. The molecule has 1 aromatic rings. The molecule has 1 saturated carbocycles. The molecule has 80 valence electrons. The van der Waals surface area contributed by atoms with Crippen LogP contribution in [0.15, 0.2) is 24.4 Å². The molecule has 15 heavy (non-hydrogen) atoms. The van der Waals surface area contributed by atoms with Gasteiger partial charge in [-0.3, -0.25) is 4.98 Å². The summed E-state index contributed by atoms with van der Waals surface area (Å²) >= 11 is 0. The maximum Gasteiger partial charge on any atom is 0.332 e. The predicted molar refractivity (Wildman–Crippen MR) is 54.8 cm³/mol. The average molecular weight is 206 g/mol. The van der Waals surface area contributed by atoms with Crippen molar-refractivity contribution in [1.29, 1.82) is 0 Å². The second kappa shape index (κ2) is 3.62. The first-order valence-electron chi connectivity index (χ1n) is 4.98. The molecule has 1 atom stereocenters. The van der Waals surface area contributed by atoms with Crippen molar-refractivity contribution < 1.29 is 9.53 Å². The van der Waals surface area contributed by atoms with Crippen molar-refractivity contribution in [3.8, 4) is 0 Å². The van der Waals surface area contributed by atoms with Crippen LogP contribution in [0.4, 0.5) is 0 Å². The molecule has 0 aromatic carbocycles. The van der Waals surface area contributed by atoms with E-state index < -0.39 is 11.5 Å². The molecule has 4 heteroatoms. The standard InChI is InChI=1S/C11H14N2O2/c1-15-10(14)11(12,8-5-6-8)9-4-2-3-7-13-9/h2-4,7-8H,5-6,12H2,1H3. The molecule has 1 unspecified atom stereocenters. The van der Waals surface area contributed by atoms with Gasteiger partial charge in [0.2, 0.25) is 0 Å². The van der Waals surface area contributed by atoms with Crippen molar-refractivity contribution in [3.05, 3.63) is 30.1 Å². The third-order valence-electron chi connectivity index (χ3n) is 2.83. The monoisotopic (exact) mass is 206 g/mol. The van der Waals surface area contributed by atoms with Gasteiger partial charge in [0, 0.05) is 6.20 Å². The Morgan fingerprint density at radius 1 is 1.60 bits per heavy atom. The number of rotatable bonds is 3. The van der Waals surface area contributed by atoms with Crippen molar-refractivity contribution in [2.24, 2.45) is 11.7 Å². The van der Waals surface area contributed by atoms with Crippen molar-refractivity contribution in [1.82, 2.24) is 4.98 Å². The topological polar surface area (TPSA) is 65.2 Å². The van der Waals surface area contributed by atoms with E-state index in [0.29, 0.717) is 5.69 Å². The van der Waals surface area contributed by atoms with E-state index in [1.807, 2.05) is 6.07 Å². The van der Waals surface area contributed by atoms with Gasteiger partial charge < -0.3 is 10.5 Å². The zero-order valence-electron chi connectivity index (χ0n) is 8.64. The van der Waals surface area contributed by atoms with Gasteiger partial charge in [-0.15, -0.1) is 0 Å². The van der Waals surface area contributed by atoms with Crippen molar-refractivity contribution in [2.45, 2.75) is 18.4 Å². The summed E-state index contributed by atoms with van der Waals surface area (Å²) in [7, 11) is 1.36. The quantitative estimate of drug-likeness (QED) is 0.743. The van der Waals surface area contributed by atoms with Crippen LogP contribution in [0.2, 0.25) is 0 Å². The van der Waals surface area contributed by atoms with Crippen LogP contribution in [0.3, 0.4) is 0 Å². The minimum atomic E-state index is -1.06. The summed E-state index contributed by atoms with van der Waals surface area (Å²) < 4.78 is 4.77. The Morgan fingerprint density at radius 3 is 2.80 bits per heavy atom.